The lowest BCUT2D eigenvalue weighted by atomic mass is 10.1. The lowest BCUT2D eigenvalue weighted by molar-refractivity contribution is -0.142. The fraction of sp³-hybridized carbons (Fsp3) is 0.333. The monoisotopic (exact) mass is 361 g/mol. The SMILES string of the molecule is C=CCCC(NC(=O)CCc1nc(-c2ccc(F)c(C)c2)no1)C(=O)O. The molecule has 1 amide bonds. The number of aromatic nitrogens is 2. The van der Waals surface area contributed by atoms with Gasteiger partial charge in [-0.3, -0.25) is 4.79 Å². The van der Waals surface area contributed by atoms with Gasteiger partial charge in [-0.1, -0.05) is 11.2 Å². The first-order valence-electron chi connectivity index (χ1n) is 8.13. The smallest absolute Gasteiger partial charge is 0.326 e. The van der Waals surface area contributed by atoms with Crippen molar-refractivity contribution in [1.29, 1.82) is 0 Å². The Bertz CT molecular complexity index is 803. The Kier molecular flexibility index (Phi) is 6.60. The zero-order valence-corrected chi connectivity index (χ0v) is 14.4. The summed E-state index contributed by atoms with van der Waals surface area (Å²) in [5.41, 5.74) is 1.08. The van der Waals surface area contributed by atoms with E-state index in [4.69, 9.17) is 9.63 Å². The van der Waals surface area contributed by atoms with Gasteiger partial charge in [0.05, 0.1) is 0 Å². The summed E-state index contributed by atoms with van der Waals surface area (Å²) >= 11 is 0. The minimum atomic E-state index is -1.09. The second kappa shape index (κ2) is 8.89. The largest absolute Gasteiger partial charge is 0.480 e. The molecular formula is C18H20FN3O4. The minimum Gasteiger partial charge on any atom is -0.480 e. The summed E-state index contributed by atoms with van der Waals surface area (Å²) in [7, 11) is 0. The first-order chi connectivity index (χ1) is 12.4. The molecule has 2 aromatic rings. The molecule has 0 radical (unpaired) electrons. The fourth-order valence-corrected chi connectivity index (χ4v) is 2.29. The van der Waals surface area contributed by atoms with Crippen LogP contribution in [0.15, 0.2) is 35.4 Å². The second-order valence-electron chi connectivity index (χ2n) is 5.80. The second-order valence-corrected chi connectivity index (χ2v) is 5.80. The normalized spacial score (nSPS) is 11.8. The third-order valence-corrected chi connectivity index (χ3v) is 3.74. The summed E-state index contributed by atoms with van der Waals surface area (Å²) in [4.78, 5) is 27.2. The molecule has 0 aliphatic carbocycles. The minimum absolute atomic E-state index is 0.0158. The summed E-state index contributed by atoms with van der Waals surface area (Å²) < 4.78 is 18.4. The first kappa shape index (κ1) is 19.3. The van der Waals surface area contributed by atoms with Gasteiger partial charge in [0.15, 0.2) is 0 Å². The lowest BCUT2D eigenvalue weighted by Crippen LogP contribution is -2.40. The number of nitrogens with zero attached hydrogens (tertiary/aromatic N) is 2. The Morgan fingerprint density at radius 3 is 2.88 bits per heavy atom. The van der Waals surface area contributed by atoms with E-state index in [1.54, 1.807) is 25.1 Å². The van der Waals surface area contributed by atoms with E-state index in [2.05, 4.69) is 22.0 Å². The molecule has 26 heavy (non-hydrogen) atoms. The maximum Gasteiger partial charge on any atom is 0.326 e. The highest BCUT2D eigenvalue weighted by molar-refractivity contribution is 5.83. The van der Waals surface area contributed by atoms with E-state index >= 15 is 0 Å². The fourth-order valence-electron chi connectivity index (χ4n) is 2.29. The lowest BCUT2D eigenvalue weighted by Gasteiger charge is -2.12. The van der Waals surface area contributed by atoms with Crippen molar-refractivity contribution in [2.24, 2.45) is 0 Å². The quantitative estimate of drug-likeness (QED) is 0.665. The topological polar surface area (TPSA) is 105 Å². The third kappa shape index (κ3) is 5.23. The van der Waals surface area contributed by atoms with Gasteiger partial charge in [-0.05, 0) is 43.5 Å². The molecule has 0 saturated carbocycles. The average Bonchev–Trinajstić information content (AvgIpc) is 3.08. The van der Waals surface area contributed by atoms with Gasteiger partial charge in [-0.2, -0.15) is 4.98 Å². The average molecular weight is 361 g/mol. The Labute approximate surface area is 149 Å². The number of hydrogen-bond acceptors (Lipinski definition) is 5. The highest BCUT2D eigenvalue weighted by Crippen LogP contribution is 2.19. The summed E-state index contributed by atoms with van der Waals surface area (Å²) in [6.45, 7) is 5.16. The van der Waals surface area contributed by atoms with Gasteiger partial charge < -0.3 is 14.9 Å². The standard InChI is InChI=1S/C18H20FN3O4/c1-3-4-5-14(18(24)25)20-15(23)8-9-16-21-17(22-26-16)12-6-7-13(19)11(2)10-12/h3,6-7,10,14H,1,4-5,8-9H2,2H3,(H,20,23)(H,24,25). The van der Waals surface area contributed by atoms with Crippen LogP contribution in [0.25, 0.3) is 11.4 Å². The first-order valence-corrected chi connectivity index (χ1v) is 8.13. The maximum atomic E-state index is 13.3. The number of aryl methyl sites for hydroxylation is 2. The van der Waals surface area contributed by atoms with Crippen molar-refractivity contribution in [3.8, 4) is 11.4 Å². The number of rotatable bonds is 9. The van der Waals surface area contributed by atoms with Gasteiger partial charge >= 0.3 is 5.97 Å². The molecule has 1 atom stereocenters. The zero-order valence-electron chi connectivity index (χ0n) is 14.4. The molecule has 1 aromatic heterocycles. The van der Waals surface area contributed by atoms with Crippen molar-refractivity contribution in [1.82, 2.24) is 15.5 Å². The number of benzene rings is 1. The molecule has 1 unspecified atom stereocenters. The van der Waals surface area contributed by atoms with E-state index in [0.717, 1.165) is 0 Å². The van der Waals surface area contributed by atoms with E-state index in [0.29, 0.717) is 23.4 Å². The van der Waals surface area contributed by atoms with Crippen LogP contribution in [0, 0.1) is 12.7 Å². The van der Waals surface area contributed by atoms with E-state index in [1.165, 1.54) is 6.07 Å². The van der Waals surface area contributed by atoms with Crippen molar-refractivity contribution in [3.63, 3.8) is 0 Å². The Hall–Kier alpha value is -3.03. The number of hydrogen-bond donors (Lipinski definition) is 2. The van der Waals surface area contributed by atoms with E-state index in [-0.39, 0.29) is 31.0 Å². The van der Waals surface area contributed by atoms with Crippen LogP contribution < -0.4 is 5.32 Å². The number of carbonyl (C=O) groups is 2. The summed E-state index contributed by atoms with van der Waals surface area (Å²) in [6, 6.07) is 3.51. The zero-order chi connectivity index (χ0) is 19.1. The molecule has 138 valence electrons. The van der Waals surface area contributed by atoms with Crippen molar-refractivity contribution in [2.45, 2.75) is 38.6 Å². The summed E-state index contributed by atoms with van der Waals surface area (Å²) in [6.07, 6.45) is 2.55. The Morgan fingerprint density at radius 1 is 1.46 bits per heavy atom. The van der Waals surface area contributed by atoms with E-state index in [1.807, 2.05) is 0 Å². The van der Waals surface area contributed by atoms with Gasteiger partial charge in [0.25, 0.3) is 0 Å². The molecule has 8 heteroatoms. The highest BCUT2D eigenvalue weighted by atomic mass is 19.1. The third-order valence-electron chi connectivity index (χ3n) is 3.74. The van der Waals surface area contributed by atoms with Gasteiger partial charge in [0.2, 0.25) is 17.6 Å². The van der Waals surface area contributed by atoms with Crippen LogP contribution in [-0.2, 0) is 16.0 Å². The van der Waals surface area contributed by atoms with Gasteiger partial charge in [-0.15, -0.1) is 6.58 Å². The summed E-state index contributed by atoms with van der Waals surface area (Å²) in [5, 5.41) is 15.4. The molecule has 1 aromatic carbocycles. The van der Waals surface area contributed by atoms with Gasteiger partial charge in [0.1, 0.15) is 11.9 Å². The van der Waals surface area contributed by atoms with E-state index in [9.17, 15) is 14.0 Å². The van der Waals surface area contributed by atoms with Crippen LogP contribution in [0.1, 0.15) is 30.7 Å². The molecule has 0 aliphatic heterocycles. The van der Waals surface area contributed by atoms with Crippen LogP contribution >= 0.6 is 0 Å². The van der Waals surface area contributed by atoms with Crippen LogP contribution in [0.3, 0.4) is 0 Å². The van der Waals surface area contributed by atoms with Gasteiger partial charge in [0, 0.05) is 18.4 Å². The predicted octanol–water partition coefficient (Wildman–Crippen LogP) is 2.65. The van der Waals surface area contributed by atoms with Crippen LogP contribution in [-0.4, -0.2) is 33.2 Å². The van der Waals surface area contributed by atoms with E-state index < -0.39 is 17.9 Å². The maximum absolute atomic E-state index is 13.3. The molecule has 0 saturated heterocycles. The number of aliphatic carboxylic acids is 1. The predicted molar refractivity (Wildman–Crippen MR) is 91.7 cm³/mol. The number of carbonyl (C=O) groups excluding carboxylic acids is 1. The summed E-state index contributed by atoms with van der Waals surface area (Å²) in [5.74, 6) is -1.28. The molecule has 2 N–H and O–H groups in total. The number of nitrogens with one attached hydrogen (secondary N) is 1. The number of amides is 1. The Balaban J connectivity index is 1.92. The number of halogens is 1. The van der Waals surface area contributed by atoms with Crippen LogP contribution in [0.4, 0.5) is 4.39 Å². The number of allylic oxidation sites excluding steroid dienone is 1. The van der Waals surface area contributed by atoms with Crippen molar-refractivity contribution >= 4 is 11.9 Å². The Morgan fingerprint density at radius 2 is 2.23 bits per heavy atom. The molecule has 0 aliphatic rings. The van der Waals surface area contributed by atoms with Crippen molar-refractivity contribution in [3.05, 3.63) is 48.1 Å². The molecule has 1 heterocycles. The van der Waals surface area contributed by atoms with Crippen LogP contribution in [0.2, 0.25) is 0 Å². The highest BCUT2D eigenvalue weighted by Gasteiger charge is 2.19. The van der Waals surface area contributed by atoms with Gasteiger partial charge in [-0.25, -0.2) is 9.18 Å². The number of carboxylic acid groups (broad SMARTS) is 1. The molecular weight excluding hydrogens is 341 g/mol. The van der Waals surface area contributed by atoms with Crippen molar-refractivity contribution < 1.29 is 23.6 Å². The molecule has 7 nitrogen and oxygen atoms in total. The molecule has 0 bridgehead atoms. The molecule has 0 fully saturated rings. The molecule has 0 spiro atoms. The molecule has 2 rings (SSSR count). The van der Waals surface area contributed by atoms with Crippen molar-refractivity contribution in [2.75, 3.05) is 0 Å². The van der Waals surface area contributed by atoms with Crippen LogP contribution in [0.5, 0.6) is 0 Å². The number of carboxylic acids is 1.